The molecule has 0 aliphatic heterocycles. The summed E-state index contributed by atoms with van der Waals surface area (Å²) in [6, 6.07) is -1.42. The van der Waals surface area contributed by atoms with Gasteiger partial charge in [0.05, 0.1) is 0 Å². The van der Waals surface area contributed by atoms with E-state index in [1.54, 1.807) is 14.1 Å². The zero-order valence-electron chi connectivity index (χ0n) is 11.5. The van der Waals surface area contributed by atoms with Gasteiger partial charge in [0.2, 0.25) is 5.91 Å². The lowest BCUT2D eigenvalue weighted by atomic mass is 10.1. The second-order valence-electron chi connectivity index (χ2n) is 5.16. The Hall–Kier alpha value is -1.79. The van der Waals surface area contributed by atoms with Gasteiger partial charge in [-0.05, 0) is 12.3 Å². The van der Waals surface area contributed by atoms with Crippen LogP contribution in [0.5, 0.6) is 0 Å². The summed E-state index contributed by atoms with van der Waals surface area (Å²) in [5.74, 6) is -0.852. The highest BCUT2D eigenvalue weighted by Crippen LogP contribution is 2.33. The van der Waals surface area contributed by atoms with Crippen LogP contribution in [0.25, 0.3) is 0 Å². The molecular weight excluding hydrogens is 250 g/mol. The summed E-state index contributed by atoms with van der Waals surface area (Å²) >= 11 is 0. The van der Waals surface area contributed by atoms with E-state index in [1.807, 2.05) is 0 Å². The van der Waals surface area contributed by atoms with Crippen LogP contribution in [0.1, 0.15) is 19.3 Å². The molecule has 1 aliphatic carbocycles. The van der Waals surface area contributed by atoms with Crippen LogP contribution >= 0.6 is 0 Å². The van der Waals surface area contributed by atoms with Crippen molar-refractivity contribution in [3.63, 3.8) is 0 Å². The second kappa shape index (κ2) is 6.40. The van der Waals surface area contributed by atoms with Crippen molar-refractivity contribution in [2.75, 3.05) is 27.7 Å². The number of carboxylic acids is 1. The summed E-state index contributed by atoms with van der Waals surface area (Å²) in [5, 5.41) is 11.5. The van der Waals surface area contributed by atoms with Gasteiger partial charge in [-0.25, -0.2) is 9.59 Å². The van der Waals surface area contributed by atoms with Crippen molar-refractivity contribution in [3.8, 4) is 0 Å². The van der Waals surface area contributed by atoms with E-state index in [-0.39, 0.29) is 12.5 Å². The van der Waals surface area contributed by atoms with Gasteiger partial charge < -0.3 is 20.2 Å². The average Bonchev–Trinajstić information content (AvgIpc) is 3.11. The Bertz CT molecular complexity index is 366. The molecule has 0 bridgehead atoms. The molecule has 0 radical (unpaired) electrons. The van der Waals surface area contributed by atoms with Crippen LogP contribution in [0.15, 0.2) is 0 Å². The van der Waals surface area contributed by atoms with E-state index in [0.29, 0.717) is 12.3 Å². The molecule has 108 valence electrons. The predicted molar refractivity (Wildman–Crippen MR) is 68.6 cm³/mol. The first-order chi connectivity index (χ1) is 8.81. The molecule has 0 spiro atoms. The third-order valence-corrected chi connectivity index (χ3v) is 3.08. The van der Waals surface area contributed by atoms with Gasteiger partial charge in [-0.3, -0.25) is 4.79 Å². The Balaban J connectivity index is 2.46. The van der Waals surface area contributed by atoms with E-state index in [1.165, 1.54) is 16.8 Å². The Labute approximate surface area is 112 Å². The minimum absolute atomic E-state index is 0.0748. The summed E-state index contributed by atoms with van der Waals surface area (Å²) in [5.41, 5.74) is 0. The number of carboxylic acid groups (broad SMARTS) is 1. The maximum atomic E-state index is 11.8. The standard InChI is InChI=1S/C12H21N3O4/c1-14(2)10(16)7-15(3)12(19)13-9(11(17)18)6-8-4-5-8/h8-9H,4-7H2,1-3H3,(H,13,19)(H,17,18)/t9-/m0/s1. The lowest BCUT2D eigenvalue weighted by Gasteiger charge is -2.22. The molecule has 0 aromatic heterocycles. The van der Waals surface area contributed by atoms with E-state index in [9.17, 15) is 14.4 Å². The van der Waals surface area contributed by atoms with Crippen LogP contribution in [0.4, 0.5) is 4.79 Å². The van der Waals surface area contributed by atoms with E-state index < -0.39 is 18.0 Å². The Kier molecular flexibility index (Phi) is 5.14. The number of carbonyl (C=O) groups is 3. The molecule has 0 aromatic rings. The molecule has 7 nitrogen and oxygen atoms in total. The van der Waals surface area contributed by atoms with Gasteiger partial charge in [0, 0.05) is 21.1 Å². The zero-order chi connectivity index (χ0) is 14.6. The predicted octanol–water partition coefficient (Wildman–Crippen LogP) is -0.0307. The summed E-state index contributed by atoms with van der Waals surface area (Å²) in [6.45, 7) is -0.0748. The topological polar surface area (TPSA) is 90.0 Å². The minimum Gasteiger partial charge on any atom is -0.480 e. The van der Waals surface area contributed by atoms with Gasteiger partial charge in [0.25, 0.3) is 0 Å². The number of amides is 3. The first-order valence-electron chi connectivity index (χ1n) is 6.25. The molecule has 0 heterocycles. The third kappa shape index (κ3) is 5.15. The Morgan fingerprint density at radius 2 is 1.84 bits per heavy atom. The normalized spacial score (nSPS) is 15.5. The number of carbonyl (C=O) groups excluding carboxylic acids is 2. The number of nitrogens with one attached hydrogen (secondary N) is 1. The summed E-state index contributed by atoms with van der Waals surface area (Å²) in [4.78, 5) is 36.9. The molecule has 0 saturated heterocycles. The van der Waals surface area contributed by atoms with Crippen LogP contribution in [-0.4, -0.2) is 66.5 Å². The van der Waals surface area contributed by atoms with E-state index in [4.69, 9.17) is 5.11 Å². The highest BCUT2D eigenvalue weighted by atomic mass is 16.4. The maximum Gasteiger partial charge on any atom is 0.326 e. The van der Waals surface area contributed by atoms with Crippen LogP contribution < -0.4 is 5.32 Å². The highest BCUT2D eigenvalue weighted by molar-refractivity contribution is 5.86. The van der Waals surface area contributed by atoms with Gasteiger partial charge in [-0.2, -0.15) is 0 Å². The van der Waals surface area contributed by atoms with Crippen molar-refractivity contribution in [2.45, 2.75) is 25.3 Å². The summed E-state index contributed by atoms with van der Waals surface area (Å²) in [7, 11) is 4.66. The number of nitrogens with zero attached hydrogens (tertiary/aromatic N) is 2. The molecule has 1 rings (SSSR count). The van der Waals surface area contributed by atoms with Gasteiger partial charge in [0.15, 0.2) is 0 Å². The first kappa shape index (κ1) is 15.3. The fourth-order valence-corrected chi connectivity index (χ4v) is 1.58. The van der Waals surface area contributed by atoms with Crippen molar-refractivity contribution < 1.29 is 19.5 Å². The zero-order valence-corrected chi connectivity index (χ0v) is 11.5. The molecule has 1 aliphatic rings. The monoisotopic (exact) mass is 271 g/mol. The fourth-order valence-electron chi connectivity index (χ4n) is 1.58. The summed E-state index contributed by atoms with van der Waals surface area (Å²) < 4.78 is 0. The highest BCUT2D eigenvalue weighted by Gasteiger charge is 2.31. The second-order valence-corrected chi connectivity index (χ2v) is 5.16. The molecule has 0 aromatic carbocycles. The summed E-state index contributed by atoms with van der Waals surface area (Å²) in [6.07, 6.45) is 2.50. The van der Waals surface area contributed by atoms with Crippen molar-refractivity contribution in [1.82, 2.24) is 15.1 Å². The average molecular weight is 271 g/mol. The van der Waals surface area contributed by atoms with Crippen LogP contribution in [0.3, 0.4) is 0 Å². The van der Waals surface area contributed by atoms with E-state index in [2.05, 4.69) is 5.32 Å². The number of hydrogen-bond acceptors (Lipinski definition) is 3. The fraction of sp³-hybridized carbons (Fsp3) is 0.750. The van der Waals surface area contributed by atoms with Crippen molar-refractivity contribution in [2.24, 2.45) is 5.92 Å². The SMILES string of the molecule is CN(C)C(=O)CN(C)C(=O)N[C@@H](CC1CC1)C(=O)O. The van der Waals surface area contributed by atoms with E-state index >= 15 is 0 Å². The molecule has 1 atom stereocenters. The number of rotatable bonds is 6. The van der Waals surface area contributed by atoms with Crippen LogP contribution in [-0.2, 0) is 9.59 Å². The number of aliphatic carboxylic acids is 1. The molecular formula is C12H21N3O4. The molecule has 7 heteroatoms. The largest absolute Gasteiger partial charge is 0.480 e. The van der Waals surface area contributed by atoms with Gasteiger partial charge in [-0.1, -0.05) is 12.8 Å². The maximum absolute atomic E-state index is 11.8. The van der Waals surface area contributed by atoms with Gasteiger partial charge in [-0.15, -0.1) is 0 Å². The van der Waals surface area contributed by atoms with Crippen LogP contribution in [0, 0.1) is 5.92 Å². The number of hydrogen-bond donors (Lipinski definition) is 2. The molecule has 1 fully saturated rings. The quantitative estimate of drug-likeness (QED) is 0.710. The van der Waals surface area contributed by atoms with Crippen LogP contribution in [0.2, 0.25) is 0 Å². The van der Waals surface area contributed by atoms with Crippen molar-refractivity contribution in [3.05, 3.63) is 0 Å². The number of urea groups is 1. The molecule has 3 amide bonds. The molecule has 0 unspecified atom stereocenters. The molecule has 19 heavy (non-hydrogen) atoms. The van der Waals surface area contributed by atoms with Gasteiger partial charge >= 0.3 is 12.0 Å². The molecule has 1 saturated carbocycles. The van der Waals surface area contributed by atoms with E-state index in [0.717, 1.165) is 12.8 Å². The number of likely N-dealkylation sites (N-methyl/N-ethyl adjacent to an activating group) is 2. The van der Waals surface area contributed by atoms with Crippen molar-refractivity contribution >= 4 is 17.9 Å². The first-order valence-corrected chi connectivity index (χ1v) is 6.25. The lowest BCUT2D eigenvalue weighted by Crippen LogP contribution is -2.49. The third-order valence-electron chi connectivity index (χ3n) is 3.08. The van der Waals surface area contributed by atoms with Crippen molar-refractivity contribution in [1.29, 1.82) is 0 Å². The molecule has 2 N–H and O–H groups in total. The Morgan fingerprint density at radius 1 is 1.26 bits per heavy atom. The smallest absolute Gasteiger partial charge is 0.326 e. The lowest BCUT2D eigenvalue weighted by molar-refractivity contribution is -0.139. The minimum atomic E-state index is -1.03. The Morgan fingerprint density at radius 3 is 2.26 bits per heavy atom. The van der Waals surface area contributed by atoms with Gasteiger partial charge in [0.1, 0.15) is 12.6 Å².